The first-order valence-corrected chi connectivity index (χ1v) is 7.01. The molecule has 0 aromatic heterocycles. The molecule has 0 radical (unpaired) electrons. The molecule has 0 bridgehead atoms. The van der Waals surface area contributed by atoms with Gasteiger partial charge in [-0.15, -0.1) is 0 Å². The summed E-state index contributed by atoms with van der Waals surface area (Å²) in [4.78, 5) is 0. The lowest BCUT2D eigenvalue weighted by atomic mass is 9.86. The Morgan fingerprint density at radius 3 is 2.22 bits per heavy atom. The Hall–Kier alpha value is -0.860. The molecule has 0 saturated carbocycles. The molecule has 100 valence electrons. The van der Waals surface area contributed by atoms with Crippen LogP contribution in [0.2, 0.25) is 0 Å². The first-order valence-electron chi connectivity index (χ1n) is 7.01. The van der Waals surface area contributed by atoms with Crippen molar-refractivity contribution in [3.05, 3.63) is 33.9 Å². The summed E-state index contributed by atoms with van der Waals surface area (Å²) < 4.78 is 0. The third-order valence-corrected chi connectivity index (χ3v) is 4.45. The number of piperidine rings is 1. The van der Waals surface area contributed by atoms with Gasteiger partial charge in [-0.25, -0.2) is 0 Å². The molecule has 1 aliphatic heterocycles. The number of nitrogens with one attached hydrogen (secondary N) is 1. The predicted octanol–water partition coefficient (Wildman–Crippen LogP) is 3.10. The van der Waals surface area contributed by atoms with E-state index in [0.717, 1.165) is 18.5 Å². The van der Waals surface area contributed by atoms with Gasteiger partial charge in [0.05, 0.1) is 6.10 Å². The highest BCUT2D eigenvalue weighted by Gasteiger charge is 2.26. The molecule has 1 aromatic carbocycles. The second-order valence-electron chi connectivity index (χ2n) is 5.68. The highest BCUT2D eigenvalue weighted by Crippen LogP contribution is 2.31. The summed E-state index contributed by atoms with van der Waals surface area (Å²) >= 11 is 0. The molecule has 2 N–H and O–H groups in total. The summed E-state index contributed by atoms with van der Waals surface area (Å²) in [6.45, 7) is 9.55. The Balaban J connectivity index is 2.37. The monoisotopic (exact) mass is 247 g/mol. The van der Waals surface area contributed by atoms with Gasteiger partial charge in [0.25, 0.3) is 0 Å². The molecule has 1 aliphatic rings. The van der Waals surface area contributed by atoms with Crippen molar-refractivity contribution < 1.29 is 5.11 Å². The predicted molar refractivity (Wildman–Crippen MR) is 76.0 cm³/mol. The quantitative estimate of drug-likeness (QED) is 0.841. The fourth-order valence-electron chi connectivity index (χ4n) is 3.04. The Labute approximate surface area is 110 Å². The molecule has 0 amide bonds. The average Bonchev–Trinajstić information content (AvgIpc) is 2.37. The SMILES string of the molecule is Cc1cc(C)c(C)c(C(O)C2CCCCN2)c1C. The zero-order valence-corrected chi connectivity index (χ0v) is 12.0. The fraction of sp³-hybridized carbons (Fsp3) is 0.625. The standard InChI is InChI=1S/C16H25NO/c1-10-9-11(2)13(4)15(12(10)3)16(18)14-7-5-6-8-17-14/h9,14,16-18H,5-8H2,1-4H3. The smallest absolute Gasteiger partial charge is 0.0948 e. The van der Waals surface area contributed by atoms with Gasteiger partial charge in [0.1, 0.15) is 0 Å². The minimum Gasteiger partial charge on any atom is -0.387 e. The van der Waals surface area contributed by atoms with Crippen LogP contribution in [-0.2, 0) is 0 Å². The number of aliphatic hydroxyl groups excluding tert-OH is 1. The van der Waals surface area contributed by atoms with Crippen LogP contribution in [0, 0.1) is 27.7 Å². The van der Waals surface area contributed by atoms with E-state index in [4.69, 9.17) is 0 Å². The van der Waals surface area contributed by atoms with Crippen molar-refractivity contribution in [3.8, 4) is 0 Å². The molecular formula is C16H25NO. The highest BCUT2D eigenvalue weighted by molar-refractivity contribution is 5.45. The lowest BCUT2D eigenvalue weighted by Gasteiger charge is -2.31. The number of hydrogen-bond donors (Lipinski definition) is 2. The normalized spacial score (nSPS) is 21.9. The van der Waals surface area contributed by atoms with E-state index in [1.165, 1.54) is 35.1 Å². The Bertz CT molecular complexity index is 407. The van der Waals surface area contributed by atoms with Gasteiger partial charge in [0, 0.05) is 6.04 Å². The summed E-state index contributed by atoms with van der Waals surface area (Å²) in [5, 5.41) is 14.2. The van der Waals surface area contributed by atoms with Crippen LogP contribution >= 0.6 is 0 Å². The maximum Gasteiger partial charge on any atom is 0.0948 e. The van der Waals surface area contributed by atoms with Gasteiger partial charge < -0.3 is 10.4 Å². The van der Waals surface area contributed by atoms with Gasteiger partial charge in [-0.3, -0.25) is 0 Å². The van der Waals surface area contributed by atoms with Crippen LogP contribution < -0.4 is 5.32 Å². The van der Waals surface area contributed by atoms with E-state index in [0.29, 0.717) is 0 Å². The number of aryl methyl sites for hydroxylation is 2. The van der Waals surface area contributed by atoms with Gasteiger partial charge in [-0.1, -0.05) is 12.5 Å². The van der Waals surface area contributed by atoms with E-state index in [2.05, 4.69) is 39.1 Å². The lowest BCUT2D eigenvalue weighted by Crippen LogP contribution is -2.39. The maximum absolute atomic E-state index is 10.7. The molecule has 2 atom stereocenters. The summed E-state index contributed by atoms with van der Waals surface area (Å²) in [6.07, 6.45) is 3.16. The molecule has 0 aliphatic carbocycles. The molecule has 1 fully saturated rings. The minimum atomic E-state index is -0.371. The Kier molecular flexibility index (Phi) is 4.08. The van der Waals surface area contributed by atoms with E-state index < -0.39 is 0 Å². The zero-order valence-electron chi connectivity index (χ0n) is 12.0. The highest BCUT2D eigenvalue weighted by atomic mass is 16.3. The van der Waals surface area contributed by atoms with Crippen LogP contribution in [0.3, 0.4) is 0 Å². The molecule has 18 heavy (non-hydrogen) atoms. The van der Waals surface area contributed by atoms with Crippen LogP contribution in [0.25, 0.3) is 0 Å². The number of benzene rings is 1. The van der Waals surface area contributed by atoms with Gasteiger partial charge in [-0.05, 0) is 74.9 Å². The van der Waals surface area contributed by atoms with E-state index >= 15 is 0 Å². The van der Waals surface area contributed by atoms with Crippen molar-refractivity contribution >= 4 is 0 Å². The molecule has 2 heteroatoms. The van der Waals surface area contributed by atoms with Crippen molar-refractivity contribution in [1.82, 2.24) is 5.32 Å². The van der Waals surface area contributed by atoms with Crippen molar-refractivity contribution in [2.24, 2.45) is 0 Å². The zero-order chi connectivity index (χ0) is 13.3. The largest absolute Gasteiger partial charge is 0.387 e. The number of aliphatic hydroxyl groups is 1. The fourth-order valence-corrected chi connectivity index (χ4v) is 3.04. The first-order chi connectivity index (χ1) is 8.52. The van der Waals surface area contributed by atoms with Gasteiger partial charge in [-0.2, -0.15) is 0 Å². The molecule has 1 heterocycles. The second-order valence-corrected chi connectivity index (χ2v) is 5.68. The van der Waals surface area contributed by atoms with Crippen molar-refractivity contribution in [3.63, 3.8) is 0 Å². The third-order valence-electron chi connectivity index (χ3n) is 4.45. The average molecular weight is 247 g/mol. The van der Waals surface area contributed by atoms with Crippen molar-refractivity contribution in [2.45, 2.75) is 59.1 Å². The topological polar surface area (TPSA) is 32.3 Å². The van der Waals surface area contributed by atoms with Crippen LogP contribution in [0.15, 0.2) is 6.07 Å². The summed E-state index contributed by atoms with van der Waals surface area (Å²) in [7, 11) is 0. The molecule has 0 spiro atoms. The number of hydrogen-bond acceptors (Lipinski definition) is 2. The molecule has 2 unspecified atom stereocenters. The van der Waals surface area contributed by atoms with Gasteiger partial charge in [0.15, 0.2) is 0 Å². The van der Waals surface area contributed by atoms with Crippen molar-refractivity contribution in [1.29, 1.82) is 0 Å². The molecule has 1 aromatic rings. The Morgan fingerprint density at radius 1 is 1.11 bits per heavy atom. The molecule has 2 rings (SSSR count). The number of rotatable bonds is 2. The maximum atomic E-state index is 10.7. The van der Waals surface area contributed by atoms with Crippen LogP contribution in [0.1, 0.15) is 53.2 Å². The first kappa shape index (κ1) is 13.6. The van der Waals surface area contributed by atoms with E-state index in [-0.39, 0.29) is 12.1 Å². The Morgan fingerprint density at radius 2 is 1.72 bits per heavy atom. The van der Waals surface area contributed by atoms with Gasteiger partial charge >= 0.3 is 0 Å². The van der Waals surface area contributed by atoms with E-state index in [9.17, 15) is 5.11 Å². The molecule has 1 saturated heterocycles. The molecule has 2 nitrogen and oxygen atoms in total. The minimum absolute atomic E-state index is 0.220. The van der Waals surface area contributed by atoms with Crippen LogP contribution in [0.4, 0.5) is 0 Å². The van der Waals surface area contributed by atoms with E-state index in [1.54, 1.807) is 0 Å². The summed E-state index contributed by atoms with van der Waals surface area (Å²) in [5.41, 5.74) is 6.20. The summed E-state index contributed by atoms with van der Waals surface area (Å²) in [5.74, 6) is 0. The van der Waals surface area contributed by atoms with Crippen LogP contribution in [0.5, 0.6) is 0 Å². The van der Waals surface area contributed by atoms with Gasteiger partial charge in [0.2, 0.25) is 0 Å². The molecular weight excluding hydrogens is 222 g/mol. The third kappa shape index (κ3) is 2.45. The lowest BCUT2D eigenvalue weighted by molar-refractivity contribution is 0.112. The second kappa shape index (κ2) is 5.41. The van der Waals surface area contributed by atoms with Crippen molar-refractivity contribution in [2.75, 3.05) is 6.54 Å². The summed E-state index contributed by atoms with van der Waals surface area (Å²) in [6, 6.07) is 2.44. The van der Waals surface area contributed by atoms with E-state index in [1.807, 2.05) is 0 Å². The van der Waals surface area contributed by atoms with Crippen LogP contribution in [-0.4, -0.2) is 17.7 Å².